The van der Waals surface area contributed by atoms with Crippen LogP contribution in [0.15, 0.2) is 24.3 Å². The van der Waals surface area contributed by atoms with Gasteiger partial charge >= 0.3 is 0 Å². The molecule has 0 aromatic carbocycles. The summed E-state index contributed by atoms with van der Waals surface area (Å²) in [6.45, 7) is 2.23. The number of unbranched alkanes of at least 4 members (excludes halogenated alkanes) is 6. The highest BCUT2D eigenvalue weighted by Crippen LogP contribution is 2.04. The summed E-state index contributed by atoms with van der Waals surface area (Å²) in [6.07, 6.45) is 18.0. The van der Waals surface area contributed by atoms with Crippen LogP contribution < -0.4 is 0 Å². The van der Waals surface area contributed by atoms with E-state index in [9.17, 15) is 0 Å². The number of hydrogen-bond donors (Lipinski definition) is 0. The zero-order valence-corrected chi connectivity index (χ0v) is 9.91. The average Bonchev–Trinajstić information content (AvgIpc) is 2.26. The predicted octanol–water partition coefficient (Wildman–Crippen LogP) is 4.76. The lowest BCUT2D eigenvalue weighted by Crippen LogP contribution is -1.74. The summed E-state index contributed by atoms with van der Waals surface area (Å²) in [4.78, 5) is 0. The predicted molar refractivity (Wildman–Crippen MR) is 66.5 cm³/mol. The molecular formula is C14H23N. The Balaban J connectivity index is 3.10. The standard InChI is InChI=1S/C14H23N/c1-2-3-4-5-6-7-8-9-10-11-12-13-14-15/h6-7,12-13H,2-5,8-11H2,1H3/b7-6+,13-12+. The van der Waals surface area contributed by atoms with Crippen LogP contribution >= 0.6 is 0 Å². The highest BCUT2D eigenvalue weighted by Gasteiger charge is 1.84. The molecule has 0 amide bonds. The van der Waals surface area contributed by atoms with Crippen LogP contribution in [0.4, 0.5) is 0 Å². The van der Waals surface area contributed by atoms with Crippen LogP contribution in [0, 0.1) is 11.3 Å². The summed E-state index contributed by atoms with van der Waals surface area (Å²) in [5, 5.41) is 8.26. The fourth-order valence-corrected chi connectivity index (χ4v) is 1.41. The van der Waals surface area contributed by atoms with E-state index in [2.05, 4.69) is 19.1 Å². The molecule has 0 fully saturated rings. The Bertz CT molecular complexity index is 208. The highest BCUT2D eigenvalue weighted by molar-refractivity contribution is 5.01. The van der Waals surface area contributed by atoms with Gasteiger partial charge in [-0.25, -0.2) is 0 Å². The Labute approximate surface area is 94.5 Å². The lowest BCUT2D eigenvalue weighted by molar-refractivity contribution is 0.723. The van der Waals surface area contributed by atoms with E-state index in [4.69, 9.17) is 5.26 Å². The van der Waals surface area contributed by atoms with Gasteiger partial charge in [-0.1, -0.05) is 38.0 Å². The number of hydrogen-bond acceptors (Lipinski definition) is 1. The first kappa shape index (κ1) is 14.0. The van der Waals surface area contributed by atoms with Gasteiger partial charge in [-0.15, -0.1) is 0 Å². The molecule has 0 saturated heterocycles. The van der Waals surface area contributed by atoms with Gasteiger partial charge in [-0.05, 0) is 38.5 Å². The molecule has 1 nitrogen and oxygen atoms in total. The lowest BCUT2D eigenvalue weighted by atomic mass is 10.1. The summed E-state index contributed by atoms with van der Waals surface area (Å²) in [7, 11) is 0. The van der Waals surface area contributed by atoms with E-state index >= 15 is 0 Å². The van der Waals surface area contributed by atoms with Crippen molar-refractivity contribution in [2.24, 2.45) is 0 Å². The molecular weight excluding hydrogens is 182 g/mol. The molecule has 0 spiro atoms. The van der Waals surface area contributed by atoms with Crippen LogP contribution in [-0.4, -0.2) is 0 Å². The van der Waals surface area contributed by atoms with Gasteiger partial charge in [0.05, 0.1) is 6.07 Å². The number of nitriles is 1. The van der Waals surface area contributed by atoms with Gasteiger partial charge in [0.2, 0.25) is 0 Å². The first-order valence-corrected chi connectivity index (χ1v) is 6.11. The van der Waals surface area contributed by atoms with Crippen molar-refractivity contribution in [2.75, 3.05) is 0 Å². The van der Waals surface area contributed by atoms with E-state index < -0.39 is 0 Å². The Morgan fingerprint density at radius 1 is 0.867 bits per heavy atom. The molecule has 0 aromatic heterocycles. The largest absolute Gasteiger partial charge is 0.193 e. The van der Waals surface area contributed by atoms with Crippen LogP contribution in [0.2, 0.25) is 0 Å². The second-order valence-corrected chi connectivity index (χ2v) is 3.78. The zero-order valence-electron chi connectivity index (χ0n) is 9.91. The zero-order chi connectivity index (χ0) is 11.2. The fraction of sp³-hybridized carbons (Fsp3) is 0.643. The van der Waals surface area contributed by atoms with E-state index in [1.54, 1.807) is 6.08 Å². The van der Waals surface area contributed by atoms with Gasteiger partial charge in [0.15, 0.2) is 0 Å². The van der Waals surface area contributed by atoms with Gasteiger partial charge in [0.25, 0.3) is 0 Å². The van der Waals surface area contributed by atoms with Crippen LogP contribution in [0.1, 0.15) is 58.3 Å². The lowest BCUT2D eigenvalue weighted by Gasteiger charge is -1.93. The fourth-order valence-electron chi connectivity index (χ4n) is 1.41. The Hall–Kier alpha value is -1.03. The average molecular weight is 205 g/mol. The van der Waals surface area contributed by atoms with Crippen LogP contribution in [0.25, 0.3) is 0 Å². The van der Waals surface area contributed by atoms with Crippen molar-refractivity contribution in [3.05, 3.63) is 24.3 Å². The first-order chi connectivity index (χ1) is 7.41. The molecule has 0 aliphatic carbocycles. The smallest absolute Gasteiger partial charge is 0.0908 e. The van der Waals surface area contributed by atoms with E-state index in [1.807, 2.05) is 12.1 Å². The molecule has 0 N–H and O–H groups in total. The van der Waals surface area contributed by atoms with E-state index in [0.29, 0.717) is 0 Å². The number of rotatable bonds is 9. The second kappa shape index (κ2) is 13.0. The monoisotopic (exact) mass is 205 g/mol. The third-order valence-corrected chi connectivity index (χ3v) is 2.32. The minimum absolute atomic E-state index is 1.04. The van der Waals surface area contributed by atoms with Gasteiger partial charge in [-0.3, -0.25) is 0 Å². The SMILES string of the molecule is CCCCC/C=C/CCCC/C=C/C#N. The molecule has 0 heterocycles. The number of allylic oxidation sites excluding steroid dienone is 4. The maximum absolute atomic E-state index is 8.26. The normalized spacial score (nSPS) is 11.2. The summed E-state index contributed by atoms with van der Waals surface area (Å²) < 4.78 is 0. The Kier molecular flexibility index (Phi) is 12.1. The molecule has 0 bridgehead atoms. The molecule has 0 radical (unpaired) electrons. The third kappa shape index (κ3) is 13.0. The number of nitrogens with zero attached hydrogens (tertiary/aromatic N) is 1. The van der Waals surface area contributed by atoms with Crippen molar-refractivity contribution >= 4 is 0 Å². The topological polar surface area (TPSA) is 23.8 Å². The van der Waals surface area contributed by atoms with Crippen LogP contribution in [0.3, 0.4) is 0 Å². The van der Waals surface area contributed by atoms with Crippen LogP contribution in [-0.2, 0) is 0 Å². The molecule has 0 aromatic rings. The summed E-state index contributed by atoms with van der Waals surface area (Å²) in [6, 6.07) is 2.00. The van der Waals surface area contributed by atoms with Crippen molar-refractivity contribution in [3.63, 3.8) is 0 Å². The van der Waals surface area contributed by atoms with E-state index in [0.717, 1.165) is 6.42 Å². The molecule has 0 atom stereocenters. The Morgan fingerprint density at radius 2 is 1.40 bits per heavy atom. The van der Waals surface area contributed by atoms with E-state index in [1.165, 1.54) is 44.9 Å². The van der Waals surface area contributed by atoms with Gasteiger partial charge < -0.3 is 0 Å². The molecule has 0 rings (SSSR count). The van der Waals surface area contributed by atoms with Crippen molar-refractivity contribution in [2.45, 2.75) is 58.3 Å². The van der Waals surface area contributed by atoms with Crippen molar-refractivity contribution < 1.29 is 0 Å². The van der Waals surface area contributed by atoms with Gasteiger partial charge in [-0.2, -0.15) is 5.26 Å². The molecule has 0 aliphatic heterocycles. The molecule has 0 aliphatic rings. The van der Waals surface area contributed by atoms with Crippen molar-refractivity contribution in [1.29, 1.82) is 5.26 Å². The maximum atomic E-state index is 8.26. The van der Waals surface area contributed by atoms with Gasteiger partial charge in [0, 0.05) is 6.08 Å². The molecule has 0 saturated carbocycles. The second-order valence-electron chi connectivity index (χ2n) is 3.78. The summed E-state index contributed by atoms with van der Waals surface area (Å²) in [5.74, 6) is 0. The minimum atomic E-state index is 1.04. The first-order valence-electron chi connectivity index (χ1n) is 6.11. The molecule has 0 unspecified atom stereocenters. The van der Waals surface area contributed by atoms with E-state index in [-0.39, 0.29) is 0 Å². The maximum Gasteiger partial charge on any atom is 0.0908 e. The Morgan fingerprint density at radius 3 is 1.93 bits per heavy atom. The molecule has 15 heavy (non-hydrogen) atoms. The minimum Gasteiger partial charge on any atom is -0.193 e. The molecule has 84 valence electrons. The summed E-state index contributed by atoms with van der Waals surface area (Å²) in [5.41, 5.74) is 0. The van der Waals surface area contributed by atoms with Crippen LogP contribution in [0.5, 0.6) is 0 Å². The van der Waals surface area contributed by atoms with Crippen molar-refractivity contribution in [3.8, 4) is 6.07 Å². The quantitative estimate of drug-likeness (QED) is 0.302. The third-order valence-electron chi connectivity index (χ3n) is 2.32. The van der Waals surface area contributed by atoms with Crippen molar-refractivity contribution in [1.82, 2.24) is 0 Å². The molecule has 1 heteroatoms. The van der Waals surface area contributed by atoms with Gasteiger partial charge in [0.1, 0.15) is 0 Å². The highest BCUT2D eigenvalue weighted by atomic mass is 14.2. The summed E-state index contributed by atoms with van der Waals surface area (Å²) >= 11 is 0.